The summed E-state index contributed by atoms with van der Waals surface area (Å²) in [6, 6.07) is 7.13. The fourth-order valence-electron chi connectivity index (χ4n) is 4.14. The minimum atomic E-state index is -1.01. The third kappa shape index (κ3) is 9.11. The van der Waals surface area contributed by atoms with Crippen LogP contribution in [0.3, 0.4) is 0 Å². The van der Waals surface area contributed by atoms with Gasteiger partial charge in [-0.25, -0.2) is 4.79 Å². The zero-order chi connectivity index (χ0) is 24.1. The molecule has 0 spiro atoms. The Bertz CT molecular complexity index is 745. The predicted molar refractivity (Wildman–Crippen MR) is 124 cm³/mol. The highest BCUT2D eigenvalue weighted by atomic mass is 16.5. The van der Waals surface area contributed by atoms with Crippen LogP contribution < -0.4 is 10.6 Å². The normalized spacial score (nSPS) is 17.6. The second-order valence-corrected chi connectivity index (χ2v) is 8.40. The minimum Gasteiger partial charge on any atom is -0.480 e. The number of rotatable bonds is 16. The van der Waals surface area contributed by atoms with E-state index in [9.17, 15) is 24.6 Å². The molecule has 1 aliphatic rings. The summed E-state index contributed by atoms with van der Waals surface area (Å²) in [5.74, 6) is -2.35. The fraction of sp³-hybridized carbons (Fsp3) is 0.625. The van der Waals surface area contributed by atoms with Crippen LogP contribution in [0, 0.1) is 0 Å². The van der Waals surface area contributed by atoms with Crippen LogP contribution in [0.15, 0.2) is 30.3 Å². The average molecular weight is 464 g/mol. The summed E-state index contributed by atoms with van der Waals surface area (Å²) < 4.78 is 5.00. The van der Waals surface area contributed by atoms with E-state index in [2.05, 4.69) is 10.6 Å². The molecule has 1 heterocycles. The van der Waals surface area contributed by atoms with E-state index in [0.717, 1.165) is 25.1 Å². The lowest BCUT2D eigenvalue weighted by atomic mass is 10.0. The van der Waals surface area contributed by atoms with Crippen LogP contribution in [0.25, 0.3) is 0 Å². The molecular formula is C24H37N3O6. The van der Waals surface area contributed by atoms with E-state index in [1.54, 1.807) is 7.11 Å². The number of hydrogen-bond donors (Lipinski definition) is 4. The summed E-state index contributed by atoms with van der Waals surface area (Å²) in [7, 11) is 1.64. The van der Waals surface area contributed by atoms with E-state index < -0.39 is 30.1 Å². The molecule has 1 aromatic carbocycles. The summed E-state index contributed by atoms with van der Waals surface area (Å²) in [5.41, 5.74) is 1.03. The van der Waals surface area contributed by atoms with Gasteiger partial charge in [0.15, 0.2) is 0 Å². The van der Waals surface area contributed by atoms with Crippen molar-refractivity contribution in [2.45, 2.75) is 63.1 Å². The molecule has 1 fully saturated rings. The highest BCUT2D eigenvalue weighted by Gasteiger charge is 2.38. The van der Waals surface area contributed by atoms with E-state index in [0.29, 0.717) is 51.7 Å². The molecule has 4 N–H and O–H groups in total. The molecular weight excluding hydrogens is 426 g/mol. The van der Waals surface area contributed by atoms with Crippen LogP contribution in [-0.2, 0) is 25.5 Å². The van der Waals surface area contributed by atoms with Gasteiger partial charge in [0, 0.05) is 20.2 Å². The number of benzene rings is 1. The molecule has 0 radical (unpaired) electrons. The molecule has 184 valence electrons. The van der Waals surface area contributed by atoms with Gasteiger partial charge in [0.1, 0.15) is 12.1 Å². The highest BCUT2D eigenvalue weighted by molar-refractivity contribution is 5.88. The van der Waals surface area contributed by atoms with Crippen LogP contribution in [-0.4, -0.2) is 84.4 Å². The van der Waals surface area contributed by atoms with E-state index in [1.807, 2.05) is 30.3 Å². The van der Waals surface area contributed by atoms with E-state index in [1.165, 1.54) is 4.90 Å². The van der Waals surface area contributed by atoms with Crippen molar-refractivity contribution in [2.75, 3.05) is 33.4 Å². The summed E-state index contributed by atoms with van der Waals surface area (Å²) in [4.78, 5) is 38.2. The fourth-order valence-corrected chi connectivity index (χ4v) is 4.14. The molecule has 1 aromatic rings. The molecule has 0 aromatic heterocycles. The summed E-state index contributed by atoms with van der Waals surface area (Å²) in [6.45, 7) is 2.51. The van der Waals surface area contributed by atoms with Crippen molar-refractivity contribution in [3.05, 3.63) is 35.9 Å². The van der Waals surface area contributed by atoms with E-state index >= 15 is 0 Å². The SMILES string of the molecule is COCCNCCCC[C@H](N[C@@H](CCc1ccccc1)C(=O)O)C(=O)N1CCC[C@H]1C(=O)O. The summed E-state index contributed by atoms with van der Waals surface area (Å²) >= 11 is 0. The third-order valence-corrected chi connectivity index (χ3v) is 5.96. The molecule has 0 unspecified atom stereocenters. The zero-order valence-electron chi connectivity index (χ0n) is 19.4. The van der Waals surface area contributed by atoms with E-state index in [4.69, 9.17) is 4.74 Å². The molecule has 1 saturated heterocycles. The molecule has 9 heteroatoms. The number of carboxylic acids is 2. The number of carbonyl (C=O) groups excluding carboxylic acids is 1. The lowest BCUT2D eigenvalue weighted by molar-refractivity contribution is -0.149. The number of methoxy groups -OCH3 is 1. The second-order valence-electron chi connectivity index (χ2n) is 8.40. The Labute approximate surface area is 195 Å². The average Bonchev–Trinajstić information content (AvgIpc) is 3.30. The third-order valence-electron chi connectivity index (χ3n) is 5.96. The van der Waals surface area contributed by atoms with Gasteiger partial charge in [0.05, 0.1) is 12.6 Å². The Morgan fingerprint density at radius 1 is 1.09 bits per heavy atom. The Kier molecular flexibility index (Phi) is 11.9. The molecule has 0 saturated carbocycles. The number of unbranched alkanes of at least 4 members (excludes halogenated alkanes) is 1. The van der Waals surface area contributed by atoms with Crippen molar-refractivity contribution in [1.82, 2.24) is 15.5 Å². The maximum atomic E-state index is 13.3. The van der Waals surface area contributed by atoms with Crippen molar-refractivity contribution in [1.29, 1.82) is 0 Å². The van der Waals surface area contributed by atoms with Gasteiger partial charge in [-0.05, 0) is 50.6 Å². The Morgan fingerprint density at radius 3 is 2.52 bits per heavy atom. The van der Waals surface area contributed by atoms with Gasteiger partial charge in [-0.15, -0.1) is 0 Å². The first-order valence-electron chi connectivity index (χ1n) is 11.7. The first kappa shape index (κ1) is 26.8. The summed E-state index contributed by atoms with van der Waals surface area (Å²) in [5, 5.41) is 25.6. The first-order chi connectivity index (χ1) is 15.9. The van der Waals surface area contributed by atoms with Crippen molar-refractivity contribution in [3.63, 3.8) is 0 Å². The number of likely N-dealkylation sites (tertiary alicyclic amines) is 1. The maximum absolute atomic E-state index is 13.3. The number of nitrogens with zero attached hydrogens (tertiary/aromatic N) is 1. The molecule has 2 rings (SSSR count). The Balaban J connectivity index is 2.01. The number of nitrogens with one attached hydrogen (secondary N) is 2. The van der Waals surface area contributed by atoms with Crippen LogP contribution >= 0.6 is 0 Å². The van der Waals surface area contributed by atoms with Gasteiger partial charge in [-0.2, -0.15) is 0 Å². The predicted octanol–water partition coefficient (Wildman–Crippen LogP) is 1.51. The Morgan fingerprint density at radius 2 is 1.85 bits per heavy atom. The largest absolute Gasteiger partial charge is 0.480 e. The second kappa shape index (κ2) is 14.6. The minimum absolute atomic E-state index is 0.321. The van der Waals surface area contributed by atoms with Gasteiger partial charge in [0.25, 0.3) is 0 Å². The lowest BCUT2D eigenvalue weighted by Crippen LogP contribution is -2.54. The Hall–Kier alpha value is -2.49. The van der Waals surface area contributed by atoms with Crippen LogP contribution in [0.4, 0.5) is 0 Å². The van der Waals surface area contributed by atoms with Gasteiger partial charge < -0.3 is 25.2 Å². The smallest absolute Gasteiger partial charge is 0.326 e. The van der Waals surface area contributed by atoms with Gasteiger partial charge >= 0.3 is 11.9 Å². The van der Waals surface area contributed by atoms with Crippen LogP contribution in [0.2, 0.25) is 0 Å². The molecule has 0 aliphatic carbocycles. The molecule has 1 amide bonds. The van der Waals surface area contributed by atoms with Crippen LogP contribution in [0.5, 0.6) is 0 Å². The number of carboxylic acid groups (broad SMARTS) is 2. The molecule has 3 atom stereocenters. The van der Waals surface area contributed by atoms with Crippen molar-refractivity contribution >= 4 is 17.8 Å². The topological polar surface area (TPSA) is 128 Å². The number of amides is 1. The monoisotopic (exact) mass is 463 g/mol. The molecule has 33 heavy (non-hydrogen) atoms. The zero-order valence-corrected chi connectivity index (χ0v) is 19.4. The number of aliphatic carboxylic acids is 2. The number of hydrogen-bond acceptors (Lipinski definition) is 6. The quantitative estimate of drug-likeness (QED) is 0.272. The van der Waals surface area contributed by atoms with Gasteiger partial charge in [-0.3, -0.25) is 14.9 Å². The van der Waals surface area contributed by atoms with Crippen LogP contribution in [0.1, 0.15) is 44.1 Å². The summed E-state index contributed by atoms with van der Waals surface area (Å²) in [6.07, 6.45) is 3.94. The number of carbonyl (C=O) groups is 3. The van der Waals surface area contributed by atoms with Crippen molar-refractivity contribution in [3.8, 4) is 0 Å². The van der Waals surface area contributed by atoms with Crippen molar-refractivity contribution in [2.24, 2.45) is 0 Å². The highest BCUT2D eigenvalue weighted by Crippen LogP contribution is 2.20. The maximum Gasteiger partial charge on any atom is 0.326 e. The first-order valence-corrected chi connectivity index (χ1v) is 11.7. The molecule has 1 aliphatic heterocycles. The number of aryl methyl sites for hydroxylation is 1. The molecule has 0 bridgehead atoms. The van der Waals surface area contributed by atoms with Gasteiger partial charge in [0.2, 0.25) is 5.91 Å². The number of ether oxygens (including phenoxy) is 1. The molecule has 9 nitrogen and oxygen atoms in total. The van der Waals surface area contributed by atoms with E-state index in [-0.39, 0.29) is 5.91 Å². The van der Waals surface area contributed by atoms with Gasteiger partial charge in [-0.1, -0.05) is 36.8 Å². The lowest BCUT2D eigenvalue weighted by Gasteiger charge is -2.29. The standard InChI is InChI=1S/C24H37N3O6/c1-33-17-15-25-14-6-5-10-19(22(28)27-16-7-11-21(27)24(31)32)26-20(23(29)30)13-12-18-8-3-2-4-9-18/h2-4,8-9,19-21,25-26H,5-7,10-17H2,1H3,(H,29,30)(H,31,32)/t19-,20-,21-/m0/s1. The van der Waals surface area contributed by atoms with Crippen molar-refractivity contribution < 1.29 is 29.3 Å².